The number of morpholine rings is 1. The summed E-state index contributed by atoms with van der Waals surface area (Å²) in [6.45, 7) is 4.08. The quantitative estimate of drug-likeness (QED) is 0.881. The standard InChI is InChI=1S/C18H22N2O3/c21-16(13-20-8-10-22-11-9-20)14-23-18-6-2-1-5-17(18)15-4-3-7-19-12-15/h1-7,12,16,21H,8-11,13-14H2/t16-/m1/s1. The summed E-state index contributed by atoms with van der Waals surface area (Å²) in [4.78, 5) is 6.35. The van der Waals surface area contributed by atoms with Gasteiger partial charge in [-0.15, -0.1) is 0 Å². The van der Waals surface area contributed by atoms with E-state index in [-0.39, 0.29) is 6.61 Å². The lowest BCUT2D eigenvalue weighted by Gasteiger charge is -2.28. The molecule has 0 amide bonds. The van der Waals surface area contributed by atoms with Gasteiger partial charge in [-0.1, -0.05) is 24.3 Å². The van der Waals surface area contributed by atoms with E-state index in [0.717, 1.165) is 43.2 Å². The van der Waals surface area contributed by atoms with Gasteiger partial charge in [0.05, 0.1) is 13.2 Å². The van der Waals surface area contributed by atoms with Gasteiger partial charge in [0.1, 0.15) is 18.5 Å². The molecular weight excluding hydrogens is 292 g/mol. The number of benzene rings is 1. The Morgan fingerprint density at radius 1 is 1.17 bits per heavy atom. The Morgan fingerprint density at radius 2 is 2.00 bits per heavy atom. The van der Waals surface area contributed by atoms with Gasteiger partial charge >= 0.3 is 0 Å². The van der Waals surface area contributed by atoms with E-state index in [2.05, 4.69) is 9.88 Å². The van der Waals surface area contributed by atoms with Crippen molar-refractivity contribution in [1.82, 2.24) is 9.88 Å². The van der Waals surface area contributed by atoms with Crippen LogP contribution in [0.1, 0.15) is 0 Å². The van der Waals surface area contributed by atoms with Gasteiger partial charge in [0, 0.05) is 43.2 Å². The fourth-order valence-electron chi connectivity index (χ4n) is 2.67. The average Bonchev–Trinajstić information content (AvgIpc) is 2.62. The van der Waals surface area contributed by atoms with Crippen LogP contribution < -0.4 is 4.74 Å². The lowest BCUT2D eigenvalue weighted by molar-refractivity contribution is 0.00471. The monoisotopic (exact) mass is 314 g/mol. The highest BCUT2D eigenvalue weighted by atomic mass is 16.5. The van der Waals surface area contributed by atoms with Crippen LogP contribution in [0.2, 0.25) is 0 Å². The summed E-state index contributed by atoms with van der Waals surface area (Å²) < 4.78 is 11.2. The van der Waals surface area contributed by atoms with E-state index < -0.39 is 6.10 Å². The number of aromatic nitrogens is 1. The molecule has 1 atom stereocenters. The Balaban J connectivity index is 1.60. The summed E-state index contributed by atoms with van der Waals surface area (Å²) >= 11 is 0. The average molecular weight is 314 g/mol. The van der Waals surface area contributed by atoms with Gasteiger partial charge in [0.15, 0.2) is 0 Å². The molecule has 1 fully saturated rings. The Bertz CT molecular complexity index is 600. The van der Waals surface area contributed by atoms with Crippen LogP contribution in [0.3, 0.4) is 0 Å². The summed E-state index contributed by atoms with van der Waals surface area (Å²) in [6.07, 6.45) is 3.04. The maximum absolute atomic E-state index is 10.2. The third kappa shape index (κ3) is 4.51. The van der Waals surface area contributed by atoms with Gasteiger partial charge < -0.3 is 14.6 Å². The van der Waals surface area contributed by atoms with Crippen molar-refractivity contribution in [2.24, 2.45) is 0 Å². The molecule has 0 spiro atoms. The lowest BCUT2D eigenvalue weighted by Crippen LogP contribution is -2.42. The Labute approximate surface area is 136 Å². The molecule has 122 valence electrons. The van der Waals surface area contributed by atoms with Crippen molar-refractivity contribution in [3.05, 3.63) is 48.8 Å². The van der Waals surface area contributed by atoms with Crippen molar-refractivity contribution in [3.8, 4) is 16.9 Å². The number of hydrogen-bond acceptors (Lipinski definition) is 5. The third-order valence-electron chi connectivity index (χ3n) is 3.86. The van der Waals surface area contributed by atoms with Crippen LogP contribution in [-0.4, -0.2) is 60.5 Å². The summed E-state index contributed by atoms with van der Waals surface area (Å²) in [5, 5.41) is 10.2. The minimum absolute atomic E-state index is 0.272. The highest BCUT2D eigenvalue weighted by Crippen LogP contribution is 2.29. The molecule has 3 rings (SSSR count). The van der Waals surface area contributed by atoms with E-state index >= 15 is 0 Å². The van der Waals surface area contributed by atoms with E-state index in [1.54, 1.807) is 6.20 Å². The molecule has 0 unspecified atom stereocenters. The molecule has 1 aliphatic heterocycles. The maximum atomic E-state index is 10.2. The molecule has 5 nitrogen and oxygen atoms in total. The number of para-hydroxylation sites is 1. The van der Waals surface area contributed by atoms with Crippen LogP contribution in [0.5, 0.6) is 5.75 Å². The SMILES string of the molecule is O[C@@H](COc1ccccc1-c1cccnc1)CN1CCOCC1. The predicted molar refractivity (Wildman–Crippen MR) is 88.4 cm³/mol. The molecule has 1 N–H and O–H groups in total. The van der Waals surface area contributed by atoms with E-state index in [1.807, 2.05) is 42.6 Å². The van der Waals surface area contributed by atoms with Gasteiger partial charge in [-0.3, -0.25) is 9.88 Å². The summed E-state index contributed by atoms with van der Waals surface area (Å²) in [5.74, 6) is 0.765. The topological polar surface area (TPSA) is 54.8 Å². The molecule has 1 aliphatic rings. The number of rotatable bonds is 6. The summed E-state index contributed by atoms with van der Waals surface area (Å²) in [7, 11) is 0. The normalized spacial score (nSPS) is 16.9. The zero-order valence-electron chi connectivity index (χ0n) is 13.1. The smallest absolute Gasteiger partial charge is 0.127 e. The molecule has 1 aromatic carbocycles. The van der Waals surface area contributed by atoms with Crippen LogP contribution >= 0.6 is 0 Å². The summed E-state index contributed by atoms with van der Waals surface area (Å²) in [5.41, 5.74) is 1.99. The number of ether oxygens (including phenoxy) is 2. The molecule has 1 saturated heterocycles. The molecule has 0 bridgehead atoms. The van der Waals surface area contributed by atoms with Gasteiger partial charge in [0.25, 0.3) is 0 Å². The first-order chi connectivity index (χ1) is 11.3. The van der Waals surface area contributed by atoms with Crippen molar-refractivity contribution in [2.45, 2.75) is 6.10 Å². The Morgan fingerprint density at radius 3 is 2.78 bits per heavy atom. The fourth-order valence-corrected chi connectivity index (χ4v) is 2.67. The molecular formula is C18H22N2O3. The first kappa shape index (κ1) is 15.9. The molecule has 1 aromatic heterocycles. The van der Waals surface area contributed by atoms with Gasteiger partial charge in [0.2, 0.25) is 0 Å². The van der Waals surface area contributed by atoms with Crippen LogP contribution in [0.15, 0.2) is 48.8 Å². The highest BCUT2D eigenvalue weighted by Gasteiger charge is 2.16. The third-order valence-corrected chi connectivity index (χ3v) is 3.86. The second-order valence-corrected chi connectivity index (χ2v) is 5.62. The fraction of sp³-hybridized carbons (Fsp3) is 0.389. The minimum Gasteiger partial charge on any atom is -0.490 e. The summed E-state index contributed by atoms with van der Waals surface area (Å²) in [6, 6.07) is 11.7. The van der Waals surface area contributed by atoms with Gasteiger partial charge in [-0.2, -0.15) is 0 Å². The van der Waals surface area contributed by atoms with Crippen molar-refractivity contribution < 1.29 is 14.6 Å². The molecule has 2 aromatic rings. The first-order valence-corrected chi connectivity index (χ1v) is 7.93. The molecule has 5 heteroatoms. The van der Waals surface area contributed by atoms with Crippen molar-refractivity contribution >= 4 is 0 Å². The highest BCUT2D eigenvalue weighted by molar-refractivity contribution is 5.69. The van der Waals surface area contributed by atoms with Crippen molar-refractivity contribution in [2.75, 3.05) is 39.5 Å². The molecule has 0 radical (unpaired) electrons. The van der Waals surface area contributed by atoms with Gasteiger partial charge in [-0.25, -0.2) is 0 Å². The largest absolute Gasteiger partial charge is 0.490 e. The molecule has 2 heterocycles. The molecule has 0 saturated carbocycles. The zero-order valence-corrected chi connectivity index (χ0v) is 13.1. The molecule has 0 aliphatic carbocycles. The predicted octanol–water partition coefficient (Wildman–Crippen LogP) is 1.82. The molecule has 23 heavy (non-hydrogen) atoms. The van der Waals surface area contributed by atoms with Crippen LogP contribution in [0.25, 0.3) is 11.1 Å². The van der Waals surface area contributed by atoms with E-state index in [0.29, 0.717) is 6.54 Å². The van der Waals surface area contributed by atoms with E-state index in [9.17, 15) is 5.11 Å². The van der Waals surface area contributed by atoms with E-state index in [1.165, 1.54) is 0 Å². The van der Waals surface area contributed by atoms with Crippen LogP contribution in [0, 0.1) is 0 Å². The zero-order chi connectivity index (χ0) is 15.9. The van der Waals surface area contributed by atoms with Crippen LogP contribution in [0.4, 0.5) is 0 Å². The van der Waals surface area contributed by atoms with E-state index in [4.69, 9.17) is 9.47 Å². The number of nitrogens with zero attached hydrogens (tertiary/aromatic N) is 2. The van der Waals surface area contributed by atoms with Gasteiger partial charge in [-0.05, 0) is 12.1 Å². The number of aliphatic hydroxyl groups excluding tert-OH is 1. The maximum Gasteiger partial charge on any atom is 0.127 e. The van der Waals surface area contributed by atoms with Crippen molar-refractivity contribution in [3.63, 3.8) is 0 Å². The second-order valence-electron chi connectivity index (χ2n) is 5.62. The van der Waals surface area contributed by atoms with Crippen LogP contribution in [-0.2, 0) is 4.74 Å². The lowest BCUT2D eigenvalue weighted by atomic mass is 10.1. The van der Waals surface area contributed by atoms with Crippen molar-refractivity contribution in [1.29, 1.82) is 0 Å². The minimum atomic E-state index is -0.518. The number of hydrogen-bond donors (Lipinski definition) is 1. The Hall–Kier alpha value is -1.95. The number of β-amino-alcohol motifs (C(OH)–C–C–N with tert-alkyl or cyclic N) is 1. The number of aliphatic hydroxyl groups is 1. The number of pyridine rings is 1. The first-order valence-electron chi connectivity index (χ1n) is 7.93. The second kappa shape index (κ2) is 8.06. The Kier molecular flexibility index (Phi) is 5.58.